The summed E-state index contributed by atoms with van der Waals surface area (Å²) in [7, 11) is 0. The molecule has 2 aromatic rings. The van der Waals surface area contributed by atoms with Gasteiger partial charge in [-0.2, -0.15) is 0 Å². The van der Waals surface area contributed by atoms with Gasteiger partial charge in [-0.05, 0) is 31.2 Å². The lowest BCUT2D eigenvalue weighted by Crippen LogP contribution is -2.19. The number of nitrogens with one attached hydrogen (secondary N) is 2. The van der Waals surface area contributed by atoms with Gasteiger partial charge in [0.25, 0.3) is 5.56 Å². The molecule has 0 unspecified atom stereocenters. The number of anilines is 1. The molecule has 0 saturated heterocycles. The van der Waals surface area contributed by atoms with Crippen molar-refractivity contribution in [3.8, 4) is 0 Å². The minimum Gasteiger partial charge on any atom is -0.369 e. The molecule has 8 nitrogen and oxygen atoms in total. The first-order valence-electron chi connectivity index (χ1n) is 7.25. The summed E-state index contributed by atoms with van der Waals surface area (Å²) in [6.45, 7) is 1.46. The highest BCUT2D eigenvalue weighted by atomic mass is 32.2. The number of benzene rings is 1. The Hall–Kier alpha value is -2.94. The molecular formula is C16H16N4O4S. The Morgan fingerprint density at radius 2 is 1.92 bits per heavy atom. The molecule has 0 atom stereocenters. The Kier molecular flexibility index (Phi) is 6.07. The molecule has 0 fully saturated rings. The van der Waals surface area contributed by atoms with Crippen molar-refractivity contribution < 1.29 is 14.4 Å². The molecule has 130 valence electrons. The van der Waals surface area contributed by atoms with E-state index in [0.29, 0.717) is 11.3 Å². The van der Waals surface area contributed by atoms with E-state index in [1.165, 1.54) is 13.0 Å². The first-order chi connectivity index (χ1) is 11.8. The number of carbonyl (C=O) groups excluding carboxylic acids is 3. The van der Waals surface area contributed by atoms with Gasteiger partial charge < -0.3 is 16.0 Å². The lowest BCUT2D eigenvalue weighted by Gasteiger charge is -2.06. The number of primary amides is 1. The highest BCUT2D eigenvalue weighted by molar-refractivity contribution is 7.99. The van der Waals surface area contributed by atoms with Crippen LogP contribution in [0.5, 0.6) is 0 Å². The molecule has 0 radical (unpaired) electrons. The number of nitrogens with two attached hydrogens (primary N) is 1. The number of hydrogen-bond acceptors (Lipinski definition) is 6. The number of Topliss-reactive ketones (excluding diaryl/α,β-unsaturated/α-hetero) is 1. The minimum atomic E-state index is -0.596. The Bertz CT molecular complexity index is 861. The van der Waals surface area contributed by atoms with Crippen molar-refractivity contribution in [3.63, 3.8) is 0 Å². The molecule has 2 rings (SSSR count). The normalized spacial score (nSPS) is 10.3. The number of rotatable bonds is 7. The summed E-state index contributed by atoms with van der Waals surface area (Å²) in [5, 5.41) is 2.90. The first-order valence-corrected chi connectivity index (χ1v) is 8.24. The van der Waals surface area contributed by atoms with Crippen molar-refractivity contribution in [2.24, 2.45) is 5.73 Å². The Morgan fingerprint density at radius 3 is 2.52 bits per heavy atom. The van der Waals surface area contributed by atoms with Gasteiger partial charge in [-0.25, -0.2) is 4.98 Å². The van der Waals surface area contributed by atoms with E-state index in [4.69, 9.17) is 5.73 Å². The molecule has 1 aromatic heterocycles. The molecular weight excluding hydrogens is 344 g/mol. The van der Waals surface area contributed by atoms with Crippen LogP contribution in [0.1, 0.15) is 23.0 Å². The molecule has 0 spiro atoms. The number of amides is 2. The quantitative estimate of drug-likeness (QED) is 0.378. The minimum absolute atomic E-state index is 0.0113. The number of ketones is 1. The Labute approximate surface area is 147 Å². The maximum Gasteiger partial charge on any atom is 0.251 e. The summed E-state index contributed by atoms with van der Waals surface area (Å²) in [6.07, 6.45) is -0.147. The summed E-state index contributed by atoms with van der Waals surface area (Å²) < 4.78 is 0. The fourth-order valence-corrected chi connectivity index (χ4v) is 2.63. The molecule has 2 amide bonds. The third kappa shape index (κ3) is 5.88. The second-order valence-corrected chi connectivity index (χ2v) is 6.12. The summed E-state index contributed by atoms with van der Waals surface area (Å²) in [5.41, 5.74) is 6.02. The van der Waals surface area contributed by atoms with Crippen LogP contribution in [0, 0.1) is 0 Å². The summed E-state index contributed by atoms with van der Waals surface area (Å²) >= 11 is 1.03. The zero-order chi connectivity index (χ0) is 18.4. The fraction of sp³-hybridized carbons (Fsp3) is 0.188. The number of H-pyrrole nitrogens is 1. The second-order valence-electron chi connectivity index (χ2n) is 5.16. The van der Waals surface area contributed by atoms with Crippen LogP contribution >= 0.6 is 11.8 Å². The molecule has 1 heterocycles. The molecule has 0 aliphatic rings. The summed E-state index contributed by atoms with van der Waals surface area (Å²) in [6, 6.07) is 7.69. The molecule has 1 aromatic carbocycles. The number of thioether (sulfide) groups is 1. The van der Waals surface area contributed by atoms with Gasteiger partial charge >= 0.3 is 0 Å². The van der Waals surface area contributed by atoms with Crippen LogP contribution in [-0.2, 0) is 16.0 Å². The van der Waals surface area contributed by atoms with E-state index in [9.17, 15) is 19.2 Å². The van der Waals surface area contributed by atoms with Gasteiger partial charge in [0.2, 0.25) is 11.8 Å². The maximum atomic E-state index is 12.0. The predicted molar refractivity (Wildman–Crippen MR) is 93.6 cm³/mol. The van der Waals surface area contributed by atoms with E-state index >= 15 is 0 Å². The fourth-order valence-electron chi connectivity index (χ4n) is 1.94. The van der Waals surface area contributed by atoms with Gasteiger partial charge in [0, 0.05) is 17.3 Å². The first kappa shape index (κ1) is 18.4. The third-order valence-electron chi connectivity index (χ3n) is 3.04. The smallest absolute Gasteiger partial charge is 0.251 e. The van der Waals surface area contributed by atoms with Crippen LogP contribution in [0.25, 0.3) is 0 Å². The standard InChI is InChI=1S/C16H16N4O4S/c1-9(21)10-2-4-11(5-3-10)18-15(24)8-25-16-19-12(6-13(17)22)7-14(23)20-16/h2-5,7H,6,8H2,1H3,(H2,17,22)(H,18,24)(H,19,20,23). The SMILES string of the molecule is CC(=O)c1ccc(NC(=O)CSc2nc(CC(N)=O)cc(=O)[nH]2)cc1. The van der Waals surface area contributed by atoms with E-state index in [-0.39, 0.29) is 34.7 Å². The topological polar surface area (TPSA) is 135 Å². The van der Waals surface area contributed by atoms with E-state index in [1.54, 1.807) is 24.3 Å². The van der Waals surface area contributed by atoms with Crippen molar-refractivity contribution >= 4 is 35.0 Å². The highest BCUT2D eigenvalue weighted by Crippen LogP contribution is 2.14. The monoisotopic (exact) mass is 360 g/mol. The molecule has 0 aliphatic heterocycles. The molecule has 0 bridgehead atoms. The van der Waals surface area contributed by atoms with Crippen LogP contribution in [-0.4, -0.2) is 33.3 Å². The largest absolute Gasteiger partial charge is 0.369 e. The van der Waals surface area contributed by atoms with E-state index < -0.39 is 11.5 Å². The van der Waals surface area contributed by atoms with Crippen LogP contribution in [0.3, 0.4) is 0 Å². The zero-order valence-electron chi connectivity index (χ0n) is 13.4. The second kappa shape index (κ2) is 8.25. The van der Waals surface area contributed by atoms with Crippen molar-refractivity contribution in [1.29, 1.82) is 0 Å². The van der Waals surface area contributed by atoms with Crippen molar-refractivity contribution in [2.45, 2.75) is 18.5 Å². The van der Waals surface area contributed by atoms with Gasteiger partial charge in [0.15, 0.2) is 10.9 Å². The molecule has 4 N–H and O–H groups in total. The van der Waals surface area contributed by atoms with Gasteiger partial charge in [-0.3, -0.25) is 19.2 Å². The number of carbonyl (C=O) groups is 3. The third-order valence-corrected chi connectivity index (χ3v) is 3.92. The van der Waals surface area contributed by atoms with Crippen LogP contribution < -0.4 is 16.6 Å². The number of hydrogen-bond donors (Lipinski definition) is 3. The van der Waals surface area contributed by atoms with Gasteiger partial charge in [0.1, 0.15) is 0 Å². The summed E-state index contributed by atoms with van der Waals surface area (Å²) in [4.78, 5) is 52.2. The molecule has 0 saturated carbocycles. The number of aromatic amines is 1. The van der Waals surface area contributed by atoms with Crippen LogP contribution in [0.15, 0.2) is 40.3 Å². The van der Waals surface area contributed by atoms with E-state index in [1.807, 2.05) is 0 Å². The summed E-state index contributed by atoms with van der Waals surface area (Å²) in [5.74, 6) is -0.944. The Balaban J connectivity index is 1.95. The zero-order valence-corrected chi connectivity index (χ0v) is 14.2. The Morgan fingerprint density at radius 1 is 1.24 bits per heavy atom. The van der Waals surface area contributed by atoms with E-state index in [2.05, 4.69) is 15.3 Å². The maximum absolute atomic E-state index is 12.0. The highest BCUT2D eigenvalue weighted by Gasteiger charge is 2.09. The molecule has 25 heavy (non-hydrogen) atoms. The van der Waals surface area contributed by atoms with E-state index in [0.717, 1.165) is 11.8 Å². The van der Waals surface area contributed by atoms with Crippen molar-refractivity contribution in [3.05, 3.63) is 51.9 Å². The van der Waals surface area contributed by atoms with Crippen LogP contribution in [0.2, 0.25) is 0 Å². The van der Waals surface area contributed by atoms with Crippen molar-refractivity contribution in [2.75, 3.05) is 11.1 Å². The van der Waals surface area contributed by atoms with Gasteiger partial charge in [0.05, 0.1) is 17.9 Å². The predicted octanol–water partition coefficient (Wildman–Crippen LogP) is 0.731. The average Bonchev–Trinajstić information content (AvgIpc) is 2.52. The average molecular weight is 360 g/mol. The lowest BCUT2D eigenvalue weighted by molar-refractivity contribution is -0.117. The molecule has 9 heteroatoms. The number of aromatic nitrogens is 2. The van der Waals surface area contributed by atoms with Crippen molar-refractivity contribution in [1.82, 2.24) is 9.97 Å². The lowest BCUT2D eigenvalue weighted by atomic mass is 10.1. The van der Waals surface area contributed by atoms with Gasteiger partial charge in [-0.1, -0.05) is 11.8 Å². The van der Waals surface area contributed by atoms with Crippen LogP contribution in [0.4, 0.5) is 5.69 Å². The van der Waals surface area contributed by atoms with Gasteiger partial charge in [-0.15, -0.1) is 0 Å². The number of nitrogens with zero attached hydrogens (tertiary/aromatic N) is 1. The molecule has 0 aliphatic carbocycles.